The SMILES string of the molecule is NCc1cn[nH]c1S(=O)(=O)NCc1cc(Br)cs1. The van der Waals surface area contributed by atoms with Crippen molar-refractivity contribution in [2.24, 2.45) is 5.73 Å². The summed E-state index contributed by atoms with van der Waals surface area (Å²) in [6, 6.07) is 1.87. The Balaban J connectivity index is 2.13. The first-order valence-corrected chi connectivity index (χ1v) is 8.13. The minimum Gasteiger partial charge on any atom is -0.326 e. The third-order valence-corrected chi connectivity index (χ3v) is 5.34. The average molecular weight is 351 g/mol. The van der Waals surface area contributed by atoms with Crippen LogP contribution in [0.1, 0.15) is 10.4 Å². The highest BCUT2D eigenvalue weighted by Crippen LogP contribution is 2.20. The molecule has 0 unspecified atom stereocenters. The fourth-order valence-corrected chi connectivity index (χ4v) is 3.99. The molecular weight excluding hydrogens is 340 g/mol. The summed E-state index contributed by atoms with van der Waals surface area (Å²) < 4.78 is 27.5. The quantitative estimate of drug-likeness (QED) is 0.753. The number of H-pyrrole nitrogens is 1. The van der Waals surface area contributed by atoms with E-state index in [1.807, 2.05) is 11.4 Å². The summed E-state index contributed by atoms with van der Waals surface area (Å²) in [5.74, 6) is 0. The number of aromatic nitrogens is 2. The van der Waals surface area contributed by atoms with Crippen LogP contribution >= 0.6 is 27.3 Å². The molecule has 0 amide bonds. The molecule has 2 aromatic heterocycles. The Morgan fingerprint density at radius 3 is 2.94 bits per heavy atom. The van der Waals surface area contributed by atoms with Crippen LogP contribution < -0.4 is 10.5 Å². The predicted octanol–water partition coefficient (Wildman–Crippen LogP) is 1.17. The van der Waals surface area contributed by atoms with Crippen LogP contribution in [-0.4, -0.2) is 18.6 Å². The van der Waals surface area contributed by atoms with E-state index in [2.05, 4.69) is 30.8 Å². The molecule has 0 aliphatic rings. The molecule has 0 aromatic carbocycles. The van der Waals surface area contributed by atoms with Gasteiger partial charge in [0.05, 0.1) is 6.20 Å². The first-order valence-electron chi connectivity index (χ1n) is 4.98. The molecular formula is C9H11BrN4O2S2. The van der Waals surface area contributed by atoms with Crippen LogP contribution in [0.25, 0.3) is 0 Å². The Bertz CT molecular complexity index is 635. The number of thiophene rings is 1. The number of sulfonamides is 1. The molecule has 4 N–H and O–H groups in total. The van der Waals surface area contributed by atoms with Crippen LogP contribution in [0.3, 0.4) is 0 Å². The molecule has 9 heteroatoms. The molecule has 18 heavy (non-hydrogen) atoms. The largest absolute Gasteiger partial charge is 0.326 e. The molecule has 6 nitrogen and oxygen atoms in total. The molecule has 2 heterocycles. The van der Waals surface area contributed by atoms with Gasteiger partial charge < -0.3 is 5.73 Å². The van der Waals surface area contributed by atoms with Crippen LogP contribution in [0, 0.1) is 0 Å². The number of hydrogen-bond donors (Lipinski definition) is 3. The summed E-state index contributed by atoms with van der Waals surface area (Å²) in [5.41, 5.74) is 5.91. The minimum absolute atomic E-state index is 0.0284. The lowest BCUT2D eigenvalue weighted by atomic mass is 10.4. The fraction of sp³-hybridized carbons (Fsp3) is 0.222. The molecule has 0 aliphatic heterocycles. The number of nitrogens with two attached hydrogens (primary N) is 1. The van der Waals surface area contributed by atoms with Gasteiger partial charge in [-0.15, -0.1) is 11.3 Å². The Labute approximate surface area is 117 Å². The van der Waals surface area contributed by atoms with Crippen molar-refractivity contribution in [3.63, 3.8) is 0 Å². The lowest BCUT2D eigenvalue weighted by Crippen LogP contribution is -2.24. The van der Waals surface area contributed by atoms with Gasteiger partial charge in [0.25, 0.3) is 10.0 Å². The second-order valence-electron chi connectivity index (χ2n) is 3.48. The maximum absolute atomic E-state index is 12.0. The van der Waals surface area contributed by atoms with Crippen LogP contribution in [-0.2, 0) is 23.1 Å². The maximum atomic E-state index is 12.0. The lowest BCUT2D eigenvalue weighted by molar-refractivity contribution is 0.576. The zero-order chi connectivity index (χ0) is 13.2. The molecule has 2 rings (SSSR count). The Morgan fingerprint density at radius 2 is 2.33 bits per heavy atom. The van der Waals surface area contributed by atoms with Crippen molar-refractivity contribution < 1.29 is 8.42 Å². The summed E-state index contributed by atoms with van der Waals surface area (Å²) in [7, 11) is -3.61. The predicted molar refractivity (Wildman–Crippen MR) is 72.5 cm³/mol. The van der Waals surface area contributed by atoms with Gasteiger partial charge in [-0.05, 0) is 22.0 Å². The van der Waals surface area contributed by atoms with Gasteiger partial charge in [0, 0.05) is 33.4 Å². The van der Waals surface area contributed by atoms with Gasteiger partial charge in [0.15, 0.2) is 5.03 Å². The third-order valence-electron chi connectivity index (χ3n) is 2.22. The molecule has 98 valence electrons. The molecule has 0 spiro atoms. The first kappa shape index (κ1) is 13.7. The summed E-state index contributed by atoms with van der Waals surface area (Å²) in [6.45, 7) is 0.360. The number of nitrogens with zero attached hydrogens (tertiary/aromatic N) is 1. The summed E-state index contributed by atoms with van der Waals surface area (Å²) in [6.07, 6.45) is 1.41. The number of hydrogen-bond acceptors (Lipinski definition) is 5. The van der Waals surface area contributed by atoms with E-state index in [0.717, 1.165) is 9.35 Å². The molecule has 0 fully saturated rings. The number of aromatic amines is 1. The van der Waals surface area contributed by atoms with Gasteiger partial charge in [-0.3, -0.25) is 5.10 Å². The lowest BCUT2D eigenvalue weighted by Gasteiger charge is -2.04. The maximum Gasteiger partial charge on any atom is 0.258 e. The van der Waals surface area contributed by atoms with E-state index in [9.17, 15) is 8.42 Å². The zero-order valence-electron chi connectivity index (χ0n) is 9.18. The van der Waals surface area contributed by atoms with E-state index in [4.69, 9.17) is 5.73 Å². The van der Waals surface area contributed by atoms with Crippen molar-refractivity contribution in [1.29, 1.82) is 0 Å². The van der Waals surface area contributed by atoms with E-state index in [1.54, 1.807) is 0 Å². The molecule has 0 atom stereocenters. The summed E-state index contributed by atoms with van der Waals surface area (Å²) in [5, 5.41) is 8.06. The van der Waals surface area contributed by atoms with Crippen LogP contribution in [0.4, 0.5) is 0 Å². The molecule has 0 radical (unpaired) electrons. The van der Waals surface area contributed by atoms with E-state index >= 15 is 0 Å². The van der Waals surface area contributed by atoms with Crippen molar-refractivity contribution in [2.75, 3.05) is 0 Å². The molecule has 0 bridgehead atoms. The molecule has 2 aromatic rings. The van der Waals surface area contributed by atoms with E-state index < -0.39 is 10.0 Å². The van der Waals surface area contributed by atoms with Gasteiger partial charge in [-0.2, -0.15) is 5.10 Å². The molecule has 0 saturated heterocycles. The fourth-order valence-electron chi connectivity index (χ4n) is 1.36. The topological polar surface area (TPSA) is 101 Å². The Hall–Kier alpha value is -0.740. The molecule has 0 aliphatic carbocycles. The smallest absolute Gasteiger partial charge is 0.258 e. The Kier molecular flexibility index (Phi) is 4.17. The third kappa shape index (κ3) is 2.98. The van der Waals surface area contributed by atoms with Crippen LogP contribution in [0.2, 0.25) is 0 Å². The zero-order valence-corrected chi connectivity index (χ0v) is 12.4. The Morgan fingerprint density at radius 1 is 1.56 bits per heavy atom. The number of halogens is 1. The van der Waals surface area contributed by atoms with Gasteiger partial charge in [0.1, 0.15) is 0 Å². The van der Waals surface area contributed by atoms with E-state index in [-0.39, 0.29) is 18.1 Å². The minimum atomic E-state index is -3.61. The summed E-state index contributed by atoms with van der Waals surface area (Å²) in [4.78, 5) is 0.916. The second kappa shape index (κ2) is 5.49. The number of rotatable bonds is 5. The highest BCUT2D eigenvalue weighted by atomic mass is 79.9. The average Bonchev–Trinajstić information content (AvgIpc) is 2.95. The standard InChI is InChI=1S/C9H11BrN4O2S2/c10-7-1-8(17-5-7)4-13-18(15,16)9-6(2-11)3-12-14-9/h1,3,5,13H,2,4,11H2,(H,12,14). The number of nitrogens with one attached hydrogen (secondary N) is 2. The van der Waals surface area contributed by atoms with Gasteiger partial charge >= 0.3 is 0 Å². The molecule has 0 saturated carbocycles. The van der Waals surface area contributed by atoms with Crippen molar-refractivity contribution >= 4 is 37.3 Å². The van der Waals surface area contributed by atoms with Crippen molar-refractivity contribution in [3.05, 3.63) is 32.6 Å². The second-order valence-corrected chi connectivity index (χ2v) is 7.10. The normalized spacial score (nSPS) is 11.9. The van der Waals surface area contributed by atoms with Crippen molar-refractivity contribution in [2.45, 2.75) is 18.1 Å². The van der Waals surface area contributed by atoms with Gasteiger partial charge in [0.2, 0.25) is 0 Å². The highest BCUT2D eigenvalue weighted by Gasteiger charge is 2.19. The van der Waals surface area contributed by atoms with Gasteiger partial charge in [-0.1, -0.05) is 0 Å². The van der Waals surface area contributed by atoms with Crippen LogP contribution in [0.15, 0.2) is 27.1 Å². The van der Waals surface area contributed by atoms with E-state index in [0.29, 0.717) is 5.56 Å². The monoisotopic (exact) mass is 350 g/mol. The van der Waals surface area contributed by atoms with E-state index in [1.165, 1.54) is 17.5 Å². The van der Waals surface area contributed by atoms with Crippen molar-refractivity contribution in [3.8, 4) is 0 Å². The highest BCUT2D eigenvalue weighted by molar-refractivity contribution is 9.10. The summed E-state index contributed by atoms with van der Waals surface area (Å²) >= 11 is 4.79. The van der Waals surface area contributed by atoms with Crippen LogP contribution in [0.5, 0.6) is 0 Å². The van der Waals surface area contributed by atoms with Crippen molar-refractivity contribution in [1.82, 2.24) is 14.9 Å². The first-order chi connectivity index (χ1) is 8.53. The van der Waals surface area contributed by atoms with Gasteiger partial charge in [-0.25, -0.2) is 13.1 Å².